The molecule has 0 saturated carbocycles. The van der Waals surface area contributed by atoms with Gasteiger partial charge in [-0.15, -0.1) is 11.3 Å². The molecule has 0 aliphatic rings. The number of sulfone groups is 1. The molecule has 0 aliphatic heterocycles. The van der Waals surface area contributed by atoms with E-state index in [0.29, 0.717) is 9.88 Å². The summed E-state index contributed by atoms with van der Waals surface area (Å²) in [6, 6.07) is 0. The van der Waals surface area contributed by atoms with E-state index in [1.807, 2.05) is 0 Å². The molecular weight excluding hydrogens is 226 g/mol. The number of aryl methyl sites for hydroxylation is 1. The number of nitrogens with zero attached hydrogens (tertiary/aromatic N) is 1. The van der Waals surface area contributed by atoms with Gasteiger partial charge in [-0.3, -0.25) is 0 Å². The molecule has 0 aliphatic carbocycles. The third kappa shape index (κ3) is 2.78. The average Bonchev–Trinajstić information content (AvgIpc) is 2.26. The van der Waals surface area contributed by atoms with Gasteiger partial charge < -0.3 is 5.11 Å². The summed E-state index contributed by atoms with van der Waals surface area (Å²) in [5, 5.41) is 8.99. The monoisotopic (exact) mass is 235 g/mol. The fourth-order valence-corrected chi connectivity index (χ4v) is 3.05. The molecule has 0 saturated heterocycles. The Morgan fingerprint density at radius 1 is 1.57 bits per heavy atom. The van der Waals surface area contributed by atoms with E-state index in [2.05, 4.69) is 4.98 Å². The Morgan fingerprint density at radius 2 is 2.14 bits per heavy atom. The molecule has 14 heavy (non-hydrogen) atoms. The van der Waals surface area contributed by atoms with Crippen LogP contribution in [0.15, 0.2) is 0 Å². The number of aromatic carboxylic acids is 1. The molecule has 0 spiro atoms. The van der Waals surface area contributed by atoms with E-state index in [9.17, 15) is 13.2 Å². The zero-order chi connectivity index (χ0) is 10.9. The van der Waals surface area contributed by atoms with Crippen LogP contribution in [0.5, 0.6) is 0 Å². The van der Waals surface area contributed by atoms with E-state index >= 15 is 0 Å². The number of carboxylic acid groups (broad SMARTS) is 1. The van der Waals surface area contributed by atoms with E-state index in [4.69, 9.17) is 5.11 Å². The Morgan fingerprint density at radius 3 is 2.50 bits per heavy atom. The van der Waals surface area contributed by atoms with Crippen molar-refractivity contribution in [1.82, 2.24) is 4.98 Å². The summed E-state index contributed by atoms with van der Waals surface area (Å²) >= 11 is 1.10. The Labute approximate surface area is 85.3 Å². The Kier molecular flexibility index (Phi) is 2.91. The average molecular weight is 235 g/mol. The maximum Gasteiger partial charge on any atom is 0.355 e. The lowest BCUT2D eigenvalue weighted by Crippen LogP contribution is -2.02. The molecule has 0 amide bonds. The molecule has 0 fully saturated rings. The van der Waals surface area contributed by atoms with Crippen LogP contribution in [-0.4, -0.2) is 30.7 Å². The summed E-state index contributed by atoms with van der Waals surface area (Å²) in [5.74, 6) is -1.33. The van der Waals surface area contributed by atoms with Crippen LogP contribution in [0.25, 0.3) is 0 Å². The van der Waals surface area contributed by atoms with Gasteiger partial charge in [0.2, 0.25) is 0 Å². The lowest BCUT2D eigenvalue weighted by molar-refractivity contribution is 0.0690. The van der Waals surface area contributed by atoms with Gasteiger partial charge in [-0.1, -0.05) is 0 Å². The molecular formula is C7H9NO4S2. The summed E-state index contributed by atoms with van der Waals surface area (Å²) < 4.78 is 21.8. The lowest BCUT2D eigenvalue weighted by Gasteiger charge is -1.90. The van der Waals surface area contributed by atoms with Crippen LogP contribution in [0.4, 0.5) is 0 Å². The standard InChI is InChI=1S/C7H9NO4S2/c1-4-6(7(9)10)8-5(13-4)3-14(2,11)12/h3H2,1-2H3,(H,9,10). The van der Waals surface area contributed by atoms with Crippen molar-refractivity contribution in [1.29, 1.82) is 0 Å². The summed E-state index contributed by atoms with van der Waals surface area (Å²) in [4.78, 5) is 14.9. The highest BCUT2D eigenvalue weighted by Crippen LogP contribution is 2.19. The topological polar surface area (TPSA) is 84.3 Å². The van der Waals surface area contributed by atoms with E-state index in [1.54, 1.807) is 6.92 Å². The van der Waals surface area contributed by atoms with Gasteiger partial charge in [-0.25, -0.2) is 18.2 Å². The van der Waals surface area contributed by atoms with E-state index in [0.717, 1.165) is 17.6 Å². The second-order valence-electron chi connectivity index (χ2n) is 2.89. The molecule has 0 atom stereocenters. The minimum atomic E-state index is -3.15. The first-order valence-corrected chi connectivity index (χ1v) is 6.54. The molecule has 1 heterocycles. The minimum Gasteiger partial charge on any atom is -0.476 e. The highest BCUT2D eigenvalue weighted by Gasteiger charge is 2.16. The quantitative estimate of drug-likeness (QED) is 0.833. The SMILES string of the molecule is Cc1sc(CS(C)(=O)=O)nc1C(=O)O. The normalized spacial score (nSPS) is 11.6. The first-order valence-electron chi connectivity index (χ1n) is 3.67. The molecule has 7 heteroatoms. The van der Waals surface area contributed by atoms with Crippen molar-refractivity contribution < 1.29 is 18.3 Å². The van der Waals surface area contributed by atoms with E-state index in [1.165, 1.54) is 0 Å². The zero-order valence-corrected chi connectivity index (χ0v) is 9.28. The molecule has 0 aromatic carbocycles. The summed E-state index contributed by atoms with van der Waals surface area (Å²) in [5.41, 5.74) is -0.0614. The van der Waals surface area contributed by atoms with Crippen molar-refractivity contribution in [2.24, 2.45) is 0 Å². The van der Waals surface area contributed by atoms with E-state index < -0.39 is 15.8 Å². The van der Waals surface area contributed by atoms with Crippen molar-refractivity contribution >= 4 is 27.1 Å². The largest absolute Gasteiger partial charge is 0.476 e. The fourth-order valence-electron chi connectivity index (χ4n) is 0.936. The summed E-state index contributed by atoms with van der Waals surface area (Å²) in [6.45, 7) is 1.60. The molecule has 1 N–H and O–H groups in total. The number of rotatable bonds is 3. The number of carbonyl (C=O) groups is 1. The van der Waals surface area contributed by atoms with Gasteiger partial charge in [0.05, 0.1) is 0 Å². The molecule has 0 bridgehead atoms. The predicted molar refractivity (Wildman–Crippen MR) is 52.4 cm³/mol. The molecule has 0 radical (unpaired) electrons. The minimum absolute atomic E-state index is 0.0614. The Balaban J connectivity index is 3.04. The van der Waals surface area contributed by atoms with Crippen LogP contribution in [0, 0.1) is 6.92 Å². The van der Waals surface area contributed by atoms with Gasteiger partial charge in [0, 0.05) is 11.1 Å². The number of thiazole rings is 1. The third-order valence-corrected chi connectivity index (χ3v) is 3.38. The molecule has 5 nitrogen and oxygen atoms in total. The van der Waals surface area contributed by atoms with Gasteiger partial charge in [-0.05, 0) is 6.92 Å². The van der Waals surface area contributed by atoms with Gasteiger partial charge in [0.25, 0.3) is 0 Å². The maximum atomic E-state index is 10.9. The smallest absolute Gasteiger partial charge is 0.355 e. The van der Waals surface area contributed by atoms with Crippen LogP contribution in [0.1, 0.15) is 20.4 Å². The first-order chi connectivity index (χ1) is 6.29. The predicted octanol–water partition coefficient (Wildman–Crippen LogP) is 0.694. The van der Waals surface area contributed by atoms with Crippen LogP contribution in [-0.2, 0) is 15.6 Å². The third-order valence-electron chi connectivity index (χ3n) is 1.43. The highest BCUT2D eigenvalue weighted by molar-refractivity contribution is 7.90. The van der Waals surface area contributed by atoms with Crippen LogP contribution in [0.2, 0.25) is 0 Å². The van der Waals surface area contributed by atoms with E-state index in [-0.39, 0.29) is 11.4 Å². The molecule has 78 valence electrons. The second kappa shape index (κ2) is 3.66. The maximum absolute atomic E-state index is 10.9. The van der Waals surface area contributed by atoms with Crippen molar-refractivity contribution in [3.05, 3.63) is 15.6 Å². The first kappa shape index (κ1) is 11.1. The lowest BCUT2D eigenvalue weighted by atomic mass is 10.4. The highest BCUT2D eigenvalue weighted by atomic mass is 32.2. The number of hydrogen-bond acceptors (Lipinski definition) is 5. The van der Waals surface area contributed by atoms with Crippen molar-refractivity contribution in [2.75, 3.05) is 6.26 Å². The Bertz CT molecular complexity index is 460. The van der Waals surface area contributed by atoms with Crippen LogP contribution < -0.4 is 0 Å². The van der Waals surface area contributed by atoms with Gasteiger partial charge >= 0.3 is 5.97 Å². The fraction of sp³-hybridized carbons (Fsp3) is 0.429. The molecule has 1 aromatic rings. The molecule has 0 unspecified atom stereocenters. The zero-order valence-electron chi connectivity index (χ0n) is 7.64. The van der Waals surface area contributed by atoms with Gasteiger partial charge in [-0.2, -0.15) is 0 Å². The molecule has 1 aromatic heterocycles. The second-order valence-corrected chi connectivity index (χ2v) is 6.32. The van der Waals surface area contributed by atoms with Crippen molar-refractivity contribution in [3.8, 4) is 0 Å². The number of carboxylic acids is 1. The summed E-state index contributed by atoms with van der Waals surface area (Å²) in [6.07, 6.45) is 1.09. The van der Waals surface area contributed by atoms with Crippen LogP contribution in [0.3, 0.4) is 0 Å². The van der Waals surface area contributed by atoms with Crippen molar-refractivity contribution in [3.63, 3.8) is 0 Å². The van der Waals surface area contributed by atoms with Gasteiger partial charge in [0.1, 0.15) is 10.8 Å². The number of hydrogen-bond donors (Lipinski definition) is 1. The Hall–Kier alpha value is -0.950. The van der Waals surface area contributed by atoms with Crippen LogP contribution >= 0.6 is 11.3 Å². The van der Waals surface area contributed by atoms with Gasteiger partial charge in [0.15, 0.2) is 15.5 Å². The van der Waals surface area contributed by atoms with Crippen molar-refractivity contribution in [2.45, 2.75) is 12.7 Å². The number of aromatic nitrogens is 1. The molecule has 1 rings (SSSR count). The summed E-state index contributed by atoms with van der Waals surface area (Å²) in [7, 11) is -3.15.